The van der Waals surface area contributed by atoms with Crippen molar-refractivity contribution < 1.29 is 9.53 Å². The van der Waals surface area contributed by atoms with Crippen molar-refractivity contribution in [1.29, 1.82) is 0 Å². The maximum absolute atomic E-state index is 11.5. The summed E-state index contributed by atoms with van der Waals surface area (Å²) >= 11 is 0. The summed E-state index contributed by atoms with van der Waals surface area (Å²) in [5, 5.41) is 0. The highest BCUT2D eigenvalue weighted by atomic mass is 16.5. The minimum Gasteiger partial charge on any atom is -0.494 e. The minimum atomic E-state index is 0.226. The van der Waals surface area contributed by atoms with Crippen LogP contribution in [0, 0.1) is 5.92 Å². The number of rotatable bonds is 0. The predicted molar refractivity (Wildman–Crippen MR) is 45.6 cm³/mol. The topological polar surface area (TPSA) is 26.3 Å². The van der Waals surface area contributed by atoms with Crippen LogP contribution in [0.3, 0.4) is 0 Å². The van der Waals surface area contributed by atoms with Crippen LogP contribution >= 0.6 is 0 Å². The highest BCUT2D eigenvalue weighted by Crippen LogP contribution is 2.35. The van der Waals surface area contributed by atoms with E-state index in [0.29, 0.717) is 11.7 Å². The normalized spacial score (nSPS) is 35.0. The first kappa shape index (κ1) is 7.84. The fraction of sp³-hybridized carbons (Fsp3) is 0.700. The zero-order chi connectivity index (χ0) is 8.72. The number of hydrogen-bond acceptors (Lipinski definition) is 2. The second-order valence-corrected chi connectivity index (χ2v) is 3.97. The van der Waals surface area contributed by atoms with Gasteiger partial charge in [0.15, 0.2) is 5.78 Å². The van der Waals surface area contributed by atoms with Crippen molar-refractivity contribution in [2.75, 3.05) is 0 Å². The number of carbonyl (C=O) groups is 1. The lowest BCUT2D eigenvalue weighted by atomic mass is 9.88. The molecule has 0 spiro atoms. The molecule has 0 amide bonds. The van der Waals surface area contributed by atoms with Crippen LogP contribution in [-0.4, -0.2) is 11.9 Å². The van der Waals surface area contributed by atoms with E-state index >= 15 is 0 Å². The molecule has 0 saturated heterocycles. The Morgan fingerprint density at radius 2 is 2.00 bits per heavy atom. The Morgan fingerprint density at radius 1 is 1.25 bits per heavy atom. The summed E-state index contributed by atoms with van der Waals surface area (Å²) < 4.78 is 5.56. The second kappa shape index (κ2) is 2.61. The Kier molecular flexibility index (Phi) is 1.71. The fourth-order valence-corrected chi connectivity index (χ4v) is 2.03. The van der Waals surface area contributed by atoms with Crippen LogP contribution in [0.25, 0.3) is 0 Å². The van der Waals surface area contributed by atoms with Gasteiger partial charge in [-0.3, -0.25) is 4.79 Å². The lowest BCUT2D eigenvalue weighted by Crippen LogP contribution is -2.14. The summed E-state index contributed by atoms with van der Waals surface area (Å²) in [6.45, 7) is 4.13. The van der Waals surface area contributed by atoms with Gasteiger partial charge >= 0.3 is 0 Å². The van der Waals surface area contributed by atoms with Crippen molar-refractivity contribution in [2.45, 2.75) is 39.2 Å². The lowest BCUT2D eigenvalue weighted by Gasteiger charge is -2.17. The first-order valence-corrected chi connectivity index (χ1v) is 4.58. The Labute approximate surface area is 72.6 Å². The lowest BCUT2D eigenvalue weighted by molar-refractivity contribution is -0.117. The van der Waals surface area contributed by atoms with Gasteiger partial charge in [-0.25, -0.2) is 0 Å². The first-order valence-electron chi connectivity index (χ1n) is 4.58. The molecule has 0 aromatic rings. The third kappa shape index (κ3) is 1.15. The molecule has 0 bridgehead atoms. The maximum Gasteiger partial charge on any atom is 0.162 e. The van der Waals surface area contributed by atoms with Gasteiger partial charge in [0.05, 0.1) is 6.10 Å². The Bertz CT molecular complexity index is 253. The van der Waals surface area contributed by atoms with Crippen LogP contribution in [0.2, 0.25) is 0 Å². The molecular formula is C10H14O2. The standard InChI is InChI=1S/C10H14O2/c1-6-3-9(11)8-5-7(2)12-10(8)4-6/h6-7H,3-5H2,1-2H3. The molecule has 0 aromatic heterocycles. The van der Waals surface area contributed by atoms with Gasteiger partial charge < -0.3 is 4.74 Å². The van der Waals surface area contributed by atoms with Crippen LogP contribution in [-0.2, 0) is 9.53 Å². The highest BCUT2D eigenvalue weighted by molar-refractivity contribution is 5.97. The van der Waals surface area contributed by atoms with Gasteiger partial charge in [0.2, 0.25) is 0 Å². The van der Waals surface area contributed by atoms with Gasteiger partial charge in [0, 0.05) is 24.8 Å². The van der Waals surface area contributed by atoms with Crippen molar-refractivity contribution in [3.05, 3.63) is 11.3 Å². The molecule has 12 heavy (non-hydrogen) atoms. The molecule has 0 N–H and O–H groups in total. The van der Waals surface area contributed by atoms with Crippen LogP contribution in [0.4, 0.5) is 0 Å². The number of allylic oxidation sites excluding steroid dienone is 1. The van der Waals surface area contributed by atoms with E-state index in [2.05, 4.69) is 6.92 Å². The Morgan fingerprint density at radius 3 is 2.75 bits per heavy atom. The minimum absolute atomic E-state index is 0.226. The predicted octanol–water partition coefficient (Wildman–Crippen LogP) is 2.05. The van der Waals surface area contributed by atoms with Crippen molar-refractivity contribution >= 4 is 5.78 Å². The summed E-state index contributed by atoms with van der Waals surface area (Å²) in [4.78, 5) is 11.5. The molecule has 2 rings (SSSR count). The van der Waals surface area contributed by atoms with Crippen LogP contribution in [0.1, 0.15) is 33.1 Å². The van der Waals surface area contributed by atoms with Gasteiger partial charge in [0.1, 0.15) is 5.76 Å². The first-order chi connectivity index (χ1) is 5.66. The number of ether oxygens (including phenoxy) is 1. The molecule has 2 nitrogen and oxygen atoms in total. The Hall–Kier alpha value is -0.790. The molecule has 66 valence electrons. The third-order valence-corrected chi connectivity index (χ3v) is 2.58. The van der Waals surface area contributed by atoms with Crippen molar-refractivity contribution in [1.82, 2.24) is 0 Å². The van der Waals surface area contributed by atoms with Crippen LogP contribution in [0.15, 0.2) is 11.3 Å². The van der Waals surface area contributed by atoms with Crippen molar-refractivity contribution in [3.8, 4) is 0 Å². The summed E-state index contributed by atoms with van der Waals surface area (Å²) in [6, 6.07) is 0. The smallest absolute Gasteiger partial charge is 0.162 e. The molecule has 1 heterocycles. The largest absolute Gasteiger partial charge is 0.494 e. The van der Waals surface area contributed by atoms with E-state index in [4.69, 9.17) is 4.74 Å². The summed E-state index contributed by atoms with van der Waals surface area (Å²) in [5.41, 5.74) is 0.973. The molecule has 0 fully saturated rings. The molecule has 2 unspecified atom stereocenters. The Balaban J connectivity index is 2.24. The molecular weight excluding hydrogens is 152 g/mol. The zero-order valence-corrected chi connectivity index (χ0v) is 7.59. The SMILES string of the molecule is CC1CC(=O)C2=C(C1)OC(C)C2. The molecule has 1 aliphatic heterocycles. The zero-order valence-electron chi connectivity index (χ0n) is 7.59. The van der Waals surface area contributed by atoms with E-state index in [9.17, 15) is 4.79 Å². The highest BCUT2D eigenvalue weighted by Gasteiger charge is 2.32. The molecule has 0 saturated carbocycles. The van der Waals surface area contributed by atoms with Gasteiger partial charge in [-0.1, -0.05) is 6.92 Å². The van der Waals surface area contributed by atoms with E-state index < -0.39 is 0 Å². The average Bonchev–Trinajstić information content (AvgIpc) is 2.29. The number of hydrogen-bond donors (Lipinski definition) is 0. The van der Waals surface area contributed by atoms with E-state index in [1.807, 2.05) is 6.92 Å². The number of ketones is 1. The monoisotopic (exact) mass is 166 g/mol. The quantitative estimate of drug-likeness (QED) is 0.550. The molecule has 2 heteroatoms. The molecule has 1 aliphatic carbocycles. The van der Waals surface area contributed by atoms with E-state index in [0.717, 1.165) is 30.6 Å². The maximum atomic E-state index is 11.5. The van der Waals surface area contributed by atoms with Gasteiger partial charge in [-0.15, -0.1) is 0 Å². The summed E-state index contributed by atoms with van der Waals surface area (Å²) in [5.74, 6) is 1.76. The van der Waals surface area contributed by atoms with E-state index in [-0.39, 0.29) is 6.10 Å². The van der Waals surface area contributed by atoms with Gasteiger partial charge in [-0.05, 0) is 12.8 Å². The van der Waals surface area contributed by atoms with E-state index in [1.165, 1.54) is 0 Å². The van der Waals surface area contributed by atoms with Gasteiger partial charge in [0.25, 0.3) is 0 Å². The number of carbonyl (C=O) groups excluding carboxylic acids is 1. The van der Waals surface area contributed by atoms with E-state index in [1.54, 1.807) is 0 Å². The van der Waals surface area contributed by atoms with Crippen LogP contribution in [0.5, 0.6) is 0 Å². The van der Waals surface area contributed by atoms with Crippen molar-refractivity contribution in [2.24, 2.45) is 5.92 Å². The average molecular weight is 166 g/mol. The molecule has 2 atom stereocenters. The molecule has 0 aromatic carbocycles. The number of Topliss-reactive ketones (excluding diaryl/α,β-unsaturated/α-hetero) is 1. The molecule has 0 radical (unpaired) electrons. The molecule has 2 aliphatic rings. The van der Waals surface area contributed by atoms with Crippen molar-refractivity contribution in [3.63, 3.8) is 0 Å². The summed E-state index contributed by atoms with van der Waals surface area (Å²) in [6.07, 6.45) is 2.74. The van der Waals surface area contributed by atoms with Gasteiger partial charge in [-0.2, -0.15) is 0 Å². The summed E-state index contributed by atoms with van der Waals surface area (Å²) in [7, 11) is 0. The second-order valence-electron chi connectivity index (χ2n) is 3.97. The van der Waals surface area contributed by atoms with Crippen LogP contribution < -0.4 is 0 Å². The fourth-order valence-electron chi connectivity index (χ4n) is 2.03. The third-order valence-electron chi connectivity index (χ3n) is 2.58.